The van der Waals surface area contributed by atoms with E-state index in [1.54, 1.807) is 7.11 Å². The number of thioether (sulfide) groups is 1. The van der Waals surface area contributed by atoms with Crippen molar-refractivity contribution in [2.45, 2.75) is 18.1 Å². The molecule has 2 amide bonds. The van der Waals surface area contributed by atoms with Gasteiger partial charge < -0.3 is 9.47 Å². The molecule has 1 unspecified atom stereocenters. The van der Waals surface area contributed by atoms with E-state index in [0.717, 1.165) is 29.0 Å². The number of nitrogens with one attached hydrogen (secondary N) is 1. The van der Waals surface area contributed by atoms with Crippen molar-refractivity contribution in [3.05, 3.63) is 59.7 Å². The molecule has 1 N–H and O–H groups in total. The summed E-state index contributed by atoms with van der Waals surface area (Å²) in [5.41, 5.74) is 2.12. The summed E-state index contributed by atoms with van der Waals surface area (Å²) in [6.45, 7) is 0.550. The SMILES string of the molecule is COc1ccccc1CCOc1ccc(CC(SC)C(=O)NC=O)cc1. The summed E-state index contributed by atoms with van der Waals surface area (Å²) in [5, 5.41) is 1.91. The van der Waals surface area contributed by atoms with Crippen molar-refractivity contribution < 1.29 is 19.1 Å². The standard InChI is InChI=1S/C20H23NO4S/c1-24-18-6-4-3-5-16(18)11-12-25-17-9-7-15(8-10-17)13-19(26-2)20(23)21-14-22/h3-10,14,19H,11-13H2,1-2H3,(H,21,22,23). The molecule has 0 bridgehead atoms. The molecule has 26 heavy (non-hydrogen) atoms. The molecular formula is C20H23NO4S. The van der Waals surface area contributed by atoms with E-state index in [9.17, 15) is 9.59 Å². The van der Waals surface area contributed by atoms with Gasteiger partial charge in [0, 0.05) is 6.42 Å². The van der Waals surface area contributed by atoms with Gasteiger partial charge in [0.15, 0.2) is 0 Å². The number of methoxy groups -OCH3 is 1. The van der Waals surface area contributed by atoms with Gasteiger partial charge in [0.05, 0.1) is 19.0 Å². The van der Waals surface area contributed by atoms with Crippen molar-refractivity contribution in [1.82, 2.24) is 5.32 Å². The number of rotatable bonds is 10. The fraction of sp³-hybridized carbons (Fsp3) is 0.300. The lowest BCUT2D eigenvalue weighted by molar-refractivity contribution is -0.124. The summed E-state index contributed by atoms with van der Waals surface area (Å²) in [4.78, 5) is 22.2. The maximum Gasteiger partial charge on any atom is 0.239 e. The van der Waals surface area contributed by atoms with Gasteiger partial charge in [-0.3, -0.25) is 14.9 Å². The summed E-state index contributed by atoms with van der Waals surface area (Å²) >= 11 is 1.42. The molecule has 138 valence electrons. The molecule has 0 saturated heterocycles. The number of benzene rings is 2. The second-order valence-corrected chi connectivity index (χ2v) is 6.65. The Morgan fingerprint density at radius 2 is 1.92 bits per heavy atom. The van der Waals surface area contributed by atoms with Gasteiger partial charge in [-0.25, -0.2) is 0 Å². The number of para-hydroxylation sites is 1. The number of imide groups is 1. The highest BCUT2D eigenvalue weighted by Gasteiger charge is 2.17. The second-order valence-electron chi connectivity index (χ2n) is 5.61. The van der Waals surface area contributed by atoms with Crippen LogP contribution < -0.4 is 14.8 Å². The molecule has 2 rings (SSSR count). The molecule has 0 saturated carbocycles. The first-order valence-corrected chi connectivity index (χ1v) is 9.57. The lowest BCUT2D eigenvalue weighted by Crippen LogP contribution is -2.32. The Bertz CT molecular complexity index is 718. The van der Waals surface area contributed by atoms with Crippen LogP contribution in [0.25, 0.3) is 0 Å². The Morgan fingerprint density at radius 1 is 1.19 bits per heavy atom. The molecular weight excluding hydrogens is 350 g/mol. The predicted octanol–water partition coefficient (Wildman–Crippen LogP) is 2.86. The van der Waals surface area contributed by atoms with Gasteiger partial charge in [0.1, 0.15) is 11.5 Å². The molecule has 0 aliphatic rings. The highest BCUT2D eigenvalue weighted by Crippen LogP contribution is 2.20. The number of ether oxygens (including phenoxy) is 2. The van der Waals surface area contributed by atoms with E-state index in [2.05, 4.69) is 5.32 Å². The van der Waals surface area contributed by atoms with Crippen LogP contribution in [-0.4, -0.2) is 37.5 Å². The fourth-order valence-corrected chi connectivity index (χ4v) is 3.20. The first-order valence-electron chi connectivity index (χ1n) is 8.28. The van der Waals surface area contributed by atoms with Crippen LogP contribution in [0.1, 0.15) is 11.1 Å². The van der Waals surface area contributed by atoms with Gasteiger partial charge in [-0.05, 0) is 42.0 Å². The average Bonchev–Trinajstić information content (AvgIpc) is 2.67. The van der Waals surface area contributed by atoms with Crippen molar-refractivity contribution >= 4 is 24.1 Å². The maximum absolute atomic E-state index is 11.8. The van der Waals surface area contributed by atoms with E-state index in [-0.39, 0.29) is 11.2 Å². The van der Waals surface area contributed by atoms with E-state index in [4.69, 9.17) is 9.47 Å². The first kappa shape index (κ1) is 19.8. The van der Waals surface area contributed by atoms with Crippen molar-refractivity contribution in [1.29, 1.82) is 0 Å². The Kier molecular flexibility index (Phi) is 8.02. The Morgan fingerprint density at radius 3 is 2.58 bits per heavy atom. The minimum Gasteiger partial charge on any atom is -0.496 e. The summed E-state index contributed by atoms with van der Waals surface area (Å²) in [6.07, 6.45) is 3.59. The largest absolute Gasteiger partial charge is 0.496 e. The number of hydrogen-bond donors (Lipinski definition) is 1. The van der Waals surface area contributed by atoms with Crippen LogP contribution in [0.5, 0.6) is 11.5 Å². The van der Waals surface area contributed by atoms with E-state index in [0.29, 0.717) is 19.4 Å². The van der Waals surface area contributed by atoms with E-state index in [1.165, 1.54) is 11.8 Å². The maximum atomic E-state index is 11.8. The monoisotopic (exact) mass is 373 g/mol. The third kappa shape index (κ3) is 5.81. The zero-order chi connectivity index (χ0) is 18.8. The third-order valence-corrected chi connectivity index (χ3v) is 4.91. The Hall–Kier alpha value is -2.47. The molecule has 0 spiro atoms. The molecule has 1 atom stereocenters. The van der Waals surface area contributed by atoms with Crippen LogP contribution in [0.4, 0.5) is 0 Å². The highest BCUT2D eigenvalue weighted by molar-refractivity contribution is 7.99. The molecule has 0 radical (unpaired) electrons. The van der Waals surface area contributed by atoms with Gasteiger partial charge in [-0.2, -0.15) is 11.8 Å². The minimum absolute atomic E-state index is 0.273. The first-order chi connectivity index (χ1) is 12.7. The van der Waals surface area contributed by atoms with Gasteiger partial charge >= 0.3 is 0 Å². The molecule has 2 aromatic carbocycles. The summed E-state index contributed by atoms with van der Waals surface area (Å²) in [6, 6.07) is 15.6. The number of carbonyl (C=O) groups is 2. The van der Waals surface area contributed by atoms with E-state index >= 15 is 0 Å². The number of carbonyl (C=O) groups excluding carboxylic acids is 2. The minimum atomic E-state index is -0.294. The van der Waals surface area contributed by atoms with Gasteiger partial charge in [0.2, 0.25) is 12.3 Å². The molecule has 0 aromatic heterocycles. The second kappa shape index (κ2) is 10.5. The van der Waals surface area contributed by atoms with E-state index < -0.39 is 0 Å². The Balaban J connectivity index is 1.87. The summed E-state index contributed by atoms with van der Waals surface area (Å²) in [7, 11) is 1.66. The zero-order valence-corrected chi connectivity index (χ0v) is 15.8. The van der Waals surface area contributed by atoms with Crippen molar-refractivity contribution in [3.63, 3.8) is 0 Å². The van der Waals surface area contributed by atoms with Crippen LogP contribution in [0, 0.1) is 0 Å². The van der Waals surface area contributed by atoms with Crippen LogP contribution >= 0.6 is 11.8 Å². The number of amides is 2. The lowest BCUT2D eigenvalue weighted by Gasteiger charge is -2.13. The molecule has 0 fully saturated rings. The van der Waals surface area contributed by atoms with E-state index in [1.807, 2.05) is 54.8 Å². The molecule has 0 aliphatic carbocycles. The van der Waals surface area contributed by atoms with Crippen molar-refractivity contribution in [2.75, 3.05) is 20.0 Å². The van der Waals surface area contributed by atoms with Crippen LogP contribution in [0.15, 0.2) is 48.5 Å². The van der Waals surface area contributed by atoms with Crippen molar-refractivity contribution in [3.8, 4) is 11.5 Å². The third-order valence-electron chi connectivity index (χ3n) is 3.96. The van der Waals surface area contributed by atoms with Crippen LogP contribution in [-0.2, 0) is 22.4 Å². The molecule has 0 heterocycles. The smallest absolute Gasteiger partial charge is 0.239 e. The summed E-state index contributed by atoms with van der Waals surface area (Å²) in [5.74, 6) is 1.37. The Labute approximate surface area is 158 Å². The van der Waals surface area contributed by atoms with Crippen molar-refractivity contribution in [2.24, 2.45) is 0 Å². The number of hydrogen-bond acceptors (Lipinski definition) is 5. The van der Waals surface area contributed by atoms with Crippen LogP contribution in [0.3, 0.4) is 0 Å². The van der Waals surface area contributed by atoms with Gasteiger partial charge in [-0.1, -0.05) is 30.3 Å². The highest BCUT2D eigenvalue weighted by atomic mass is 32.2. The molecule has 6 heteroatoms. The fourth-order valence-electron chi connectivity index (χ4n) is 2.56. The van der Waals surface area contributed by atoms with Gasteiger partial charge in [0.25, 0.3) is 0 Å². The predicted molar refractivity (Wildman–Crippen MR) is 104 cm³/mol. The topological polar surface area (TPSA) is 64.6 Å². The molecule has 0 aliphatic heterocycles. The lowest BCUT2D eigenvalue weighted by atomic mass is 10.1. The summed E-state index contributed by atoms with van der Waals surface area (Å²) < 4.78 is 11.1. The quantitative estimate of drug-likeness (QED) is 0.649. The normalized spacial score (nSPS) is 11.5. The van der Waals surface area contributed by atoms with Crippen LogP contribution in [0.2, 0.25) is 0 Å². The molecule has 5 nitrogen and oxygen atoms in total. The zero-order valence-electron chi connectivity index (χ0n) is 14.9. The average molecular weight is 373 g/mol. The van der Waals surface area contributed by atoms with Gasteiger partial charge in [-0.15, -0.1) is 0 Å². The molecule has 2 aromatic rings.